The number of carbonyl (C=O) groups excluding carboxylic acids is 2. The molecule has 0 bridgehead atoms. The Hall–Kier alpha value is -1.99. The minimum Gasteiger partial charge on any atom is -0.381 e. The van der Waals surface area contributed by atoms with E-state index >= 15 is 0 Å². The van der Waals surface area contributed by atoms with Crippen LogP contribution in [0.15, 0.2) is 24.3 Å². The molecule has 25 heavy (non-hydrogen) atoms. The molecular formula is C18H24FN3O3. The van der Waals surface area contributed by atoms with E-state index in [0.717, 1.165) is 12.8 Å². The molecule has 0 saturated carbocycles. The lowest BCUT2D eigenvalue weighted by Crippen LogP contribution is -2.56. The molecular weight excluding hydrogens is 325 g/mol. The molecule has 3 rings (SSSR count). The zero-order valence-corrected chi connectivity index (χ0v) is 14.2. The molecule has 1 unspecified atom stereocenters. The van der Waals surface area contributed by atoms with Crippen LogP contribution < -0.4 is 5.73 Å². The highest BCUT2D eigenvalue weighted by atomic mass is 19.1. The lowest BCUT2D eigenvalue weighted by molar-refractivity contribution is -0.136. The Balaban J connectivity index is 1.54. The number of nitrogens with zero attached hydrogens (tertiary/aromatic N) is 2. The summed E-state index contributed by atoms with van der Waals surface area (Å²) in [5.41, 5.74) is 6.49. The lowest BCUT2D eigenvalue weighted by Gasteiger charge is -2.37. The second kappa shape index (κ2) is 7.93. The van der Waals surface area contributed by atoms with E-state index in [1.165, 1.54) is 18.2 Å². The monoisotopic (exact) mass is 349 g/mol. The van der Waals surface area contributed by atoms with Crippen LogP contribution >= 0.6 is 0 Å². The summed E-state index contributed by atoms with van der Waals surface area (Å²) in [5.74, 6) is -0.527. The Kier molecular flexibility index (Phi) is 5.65. The van der Waals surface area contributed by atoms with Crippen molar-refractivity contribution >= 4 is 11.8 Å². The molecule has 2 fully saturated rings. The number of ether oxygens (including phenoxy) is 1. The van der Waals surface area contributed by atoms with Crippen LogP contribution in [0.2, 0.25) is 0 Å². The van der Waals surface area contributed by atoms with Gasteiger partial charge in [0.2, 0.25) is 5.91 Å². The van der Waals surface area contributed by atoms with E-state index in [2.05, 4.69) is 0 Å². The number of hydrogen-bond donors (Lipinski definition) is 1. The molecule has 2 saturated heterocycles. The van der Waals surface area contributed by atoms with Crippen molar-refractivity contribution in [3.05, 3.63) is 35.6 Å². The summed E-state index contributed by atoms with van der Waals surface area (Å²) < 4.78 is 18.6. The SMILES string of the molecule is NC(C(=O)N1CCN(C(=O)c2cccc(F)c2)CC1)C1CCOCC1. The van der Waals surface area contributed by atoms with Gasteiger partial charge in [0.05, 0.1) is 6.04 Å². The zero-order chi connectivity index (χ0) is 17.8. The number of carbonyl (C=O) groups is 2. The average Bonchev–Trinajstić information content (AvgIpc) is 2.67. The highest BCUT2D eigenvalue weighted by molar-refractivity contribution is 5.94. The molecule has 136 valence electrons. The number of hydrogen-bond acceptors (Lipinski definition) is 4. The molecule has 7 heteroatoms. The largest absolute Gasteiger partial charge is 0.381 e. The van der Waals surface area contributed by atoms with Crippen LogP contribution in [-0.2, 0) is 9.53 Å². The third-order valence-electron chi connectivity index (χ3n) is 5.01. The maximum absolute atomic E-state index is 13.3. The van der Waals surface area contributed by atoms with Crippen molar-refractivity contribution in [1.29, 1.82) is 0 Å². The first-order valence-electron chi connectivity index (χ1n) is 8.73. The van der Waals surface area contributed by atoms with Crippen LogP contribution in [0.3, 0.4) is 0 Å². The Labute approximate surface area is 146 Å². The van der Waals surface area contributed by atoms with Gasteiger partial charge in [-0.05, 0) is 37.0 Å². The van der Waals surface area contributed by atoms with Gasteiger partial charge in [-0.1, -0.05) is 6.07 Å². The van der Waals surface area contributed by atoms with Crippen LogP contribution in [0, 0.1) is 11.7 Å². The summed E-state index contributed by atoms with van der Waals surface area (Å²) in [4.78, 5) is 28.4. The van der Waals surface area contributed by atoms with Crippen LogP contribution in [0.5, 0.6) is 0 Å². The van der Waals surface area contributed by atoms with E-state index in [9.17, 15) is 14.0 Å². The minimum absolute atomic E-state index is 0.0512. The molecule has 1 aromatic rings. The Morgan fingerprint density at radius 2 is 1.76 bits per heavy atom. The second-order valence-electron chi connectivity index (χ2n) is 6.60. The molecule has 6 nitrogen and oxygen atoms in total. The number of rotatable bonds is 3. The molecule has 2 N–H and O–H groups in total. The third kappa shape index (κ3) is 4.16. The van der Waals surface area contributed by atoms with Crippen molar-refractivity contribution in [2.24, 2.45) is 11.7 Å². The molecule has 1 atom stereocenters. The molecule has 2 heterocycles. The predicted octanol–water partition coefficient (Wildman–Crippen LogP) is 0.864. The highest BCUT2D eigenvalue weighted by Gasteiger charge is 2.32. The quantitative estimate of drug-likeness (QED) is 0.878. The van der Waals surface area contributed by atoms with Gasteiger partial charge in [-0.25, -0.2) is 4.39 Å². The molecule has 2 aliphatic rings. The summed E-state index contributed by atoms with van der Waals surface area (Å²) in [6.07, 6.45) is 1.62. The fourth-order valence-corrected chi connectivity index (χ4v) is 3.42. The van der Waals surface area contributed by atoms with Gasteiger partial charge in [0.15, 0.2) is 0 Å². The summed E-state index contributed by atoms with van der Waals surface area (Å²) in [6, 6.07) is 5.17. The smallest absolute Gasteiger partial charge is 0.254 e. The van der Waals surface area contributed by atoms with Crippen molar-refractivity contribution in [3.63, 3.8) is 0 Å². The van der Waals surface area contributed by atoms with Crippen molar-refractivity contribution in [2.45, 2.75) is 18.9 Å². The van der Waals surface area contributed by atoms with Crippen molar-refractivity contribution in [3.8, 4) is 0 Å². The Bertz CT molecular complexity index is 626. The number of amides is 2. The molecule has 2 amide bonds. The summed E-state index contributed by atoms with van der Waals surface area (Å²) in [5, 5.41) is 0. The Morgan fingerprint density at radius 1 is 1.12 bits per heavy atom. The van der Waals surface area contributed by atoms with E-state index in [0.29, 0.717) is 45.0 Å². The van der Waals surface area contributed by atoms with E-state index in [-0.39, 0.29) is 17.7 Å². The van der Waals surface area contributed by atoms with Crippen LogP contribution in [0.4, 0.5) is 4.39 Å². The standard InChI is InChI=1S/C18H24FN3O3/c19-15-3-1-2-14(12-15)17(23)21-6-8-22(9-7-21)18(24)16(20)13-4-10-25-11-5-13/h1-3,12-13,16H,4-11,20H2. The van der Waals surface area contributed by atoms with E-state index in [1.54, 1.807) is 15.9 Å². The van der Waals surface area contributed by atoms with Gasteiger partial charge in [0.1, 0.15) is 5.82 Å². The summed E-state index contributed by atoms with van der Waals surface area (Å²) in [7, 11) is 0. The molecule has 2 aliphatic heterocycles. The first-order valence-corrected chi connectivity index (χ1v) is 8.73. The average molecular weight is 349 g/mol. The van der Waals surface area contributed by atoms with E-state index < -0.39 is 11.9 Å². The van der Waals surface area contributed by atoms with Crippen molar-refractivity contribution in [1.82, 2.24) is 9.80 Å². The Morgan fingerprint density at radius 3 is 2.40 bits per heavy atom. The minimum atomic E-state index is -0.505. The molecule has 1 aromatic carbocycles. The lowest BCUT2D eigenvalue weighted by atomic mass is 9.91. The highest BCUT2D eigenvalue weighted by Crippen LogP contribution is 2.20. The van der Waals surface area contributed by atoms with Crippen LogP contribution in [-0.4, -0.2) is 67.0 Å². The van der Waals surface area contributed by atoms with Crippen molar-refractivity contribution in [2.75, 3.05) is 39.4 Å². The second-order valence-corrected chi connectivity index (χ2v) is 6.60. The van der Waals surface area contributed by atoms with Gasteiger partial charge in [-0.2, -0.15) is 0 Å². The van der Waals surface area contributed by atoms with Gasteiger partial charge >= 0.3 is 0 Å². The summed E-state index contributed by atoms with van der Waals surface area (Å²) >= 11 is 0. The first kappa shape index (κ1) is 17.8. The van der Waals surface area contributed by atoms with Crippen LogP contribution in [0.1, 0.15) is 23.2 Å². The fourth-order valence-electron chi connectivity index (χ4n) is 3.42. The summed E-state index contributed by atoms with van der Waals surface area (Å²) in [6.45, 7) is 3.08. The topological polar surface area (TPSA) is 75.9 Å². The number of nitrogens with two attached hydrogens (primary N) is 1. The molecule has 0 aromatic heterocycles. The van der Waals surface area contributed by atoms with Crippen LogP contribution in [0.25, 0.3) is 0 Å². The number of halogens is 1. The van der Waals surface area contributed by atoms with Gasteiger partial charge in [-0.3, -0.25) is 9.59 Å². The van der Waals surface area contributed by atoms with E-state index in [1.807, 2.05) is 0 Å². The molecule has 0 radical (unpaired) electrons. The first-order chi connectivity index (χ1) is 12.1. The molecule has 0 aliphatic carbocycles. The van der Waals surface area contributed by atoms with Gasteiger partial charge in [0, 0.05) is 45.0 Å². The number of benzene rings is 1. The van der Waals surface area contributed by atoms with Crippen molar-refractivity contribution < 1.29 is 18.7 Å². The van der Waals surface area contributed by atoms with Gasteiger partial charge in [-0.15, -0.1) is 0 Å². The van der Waals surface area contributed by atoms with E-state index in [4.69, 9.17) is 10.5 Å². The van der Waals surface area contributed by atoms with Gasteiger partial charge < -0.3 is 20.3 Å². The predicted molar refractivity (Wildman–Crippen MR) is 90.4 cm³/mol. The molecule has 0 spiro atoms. The maximum Gasteiger partial charge on any atom is 0.254 e. The fraction of sp³-hybridized carbons (Fsp3) is 0.556. The maximum atomic E-state index is 13.3. The number of piperazine rings is 1. The third-order valence-corrected chi connectivity index (χ3v) is 5.01. The van der Waals surface area contributed by atoms with Gasteiger partial charge in [0.25, 0.3) is 5.91 Å². The normalized spacial score (nSPS) is 20.4. The zero-order valence-electron chi connectivity index (χ0n) is 14.2.